The van der Waals surface area contributed by atoms with Crippen molar-refractivity contribution >= 4 is 15.7 Å². The van der Waals surface area contributed by atoms with Crippen LogP contribution >= 0.6 is 0 Å². The van der Waals surface area contributed by atoms with Gasteiger partial charge in [0.2, 0.25) is 0 Å². The van der Waals surface area contributed by atoms with Gasteiger partial charge >= 0.3 is 0 Å². The molecule has 1 atom stereocenters. The summed E-state index contributed by atoms with van der Waals surface area (Å²) in [5.41, 5.74) is 5.11. The third kappa shape index (κ3) is 5.05. The summed E-state index contributed by atoms with van der Waals surface area (Å²) in [6.45, 7) is 1.99. The maximum absolute atomic E-state index is 12.7. The second kappa shape index (κ2) is 9.06. The Balaban J connectivity index is 1.41. The van der Waals surface area contributed by atoms with Gasteiger partial charge in [-0.1, -0.05) is 48.5 Å². The van der Waals surface area contributed by atoms with Crippen LogP contribution in [0.4, 0.5) is 0 Å². The van der Waals surface area contributed by atoms with Crippen LogP contribution in [0.3, 0.4) is 0 Å². The molecule has 160 valence electrons. The SMILES string of the molecule is CC(NC(=O)c1ccc(CS(=O)(=O)c2ccccc2)cc1)c1ccc2c(c1)CCCC2. The molecule has 5 heteroatoms. The van der Waals surface area contributed by atoms with Gasteiger partial charge in [0.25, 0.3) is 5.91 Å². The van der Waals surface area contributed by atoms with Crippen molar-refractivity contribution in [3.63, 3.8) is 0 Å². The molecule has 0 heterocycles. The maximum Gasteiger partial charge on any atom is 0.251 e. The van der Waals surface area contributed by atoms with E-state index in [2.05, 4.69) is 23.5 Å². The minimum absolute atomic E-state index is 0.0928. The second-order valence-corrected chi connectivity index (χ2v) is 10.2. The van der Waals surface area contributed by atoms with E-state index in [-0.39, 0.29) is 17.7 Å². The highest BCUT2D eigenvalue weighted by atomic mass is 32.2. The van der Waals surface area contributed by atoms with Crippen molar-refractivity contribution in [2.24, 2.45) is 0 Å². The van der Waals surface area contributed by atoms with Crippen molar-refractivity contribution < 1.29 is 13.2 Å². The van der Waals surface area contributed by atoms with E-state index >= 15 is 0 Å². The molecule has 1 amide bonds. The van der Waals surface area contributed by atoms with Crippen LogP contribution in [-0.4, -0.2) is 14.3 Å². The Morgan fingerprint density at radius 2 is 1.58 bits per heavy atom. The summed E-state index contributed by atoms with van der Waals surface area (Å²) < 4.78 is 25.1. The van der Waals surface area contributed by atoms with Crippen LogP contribution in [0.1, 0.15) is 58.4 Å². The van der Waals surface area contributed by atoms with Gasteiger partial charge < -0.3 is 5.32 Å². The molecule has 0 radical (unpaired) electrons. The number of hydrogen-bond donors (Lipinski definition) is 1. The first kappa shape index (κ1) is 21.3. The first-order valence-electron chi connectivity index (χ1n) is 10.7. The number of carbonyl (C=O) groups excluding carboxylic acids is 1. The third-order valence-electron chi connectivity index (χ3n) is 5.90. The normalized spacial score (nSPS) is 14.5. The van der Waals surface area contributed by atoms with Crippen LogP contribution in [0.2, 0.25) is 0 Å². The standard InChI is InChI=1S/C26H27NO3S/c1-19(23-16-15-21-7-5-6-8-24(21)17-23)27-26(28)22-13-11-20(12-14-22)18-31(29,30)25-9-3-2-4-10-25/h2-4,9-17,19H,5-8,18H2,1H3,(H,27,28). The summed E-state index contributed by atoms with van der Waals surface area (Å²) in [6.07, 6.45) is 4.73. The monoisotopic (exact) mass is 433 g/mol. The van der Waals surface area contributed by atoms with Gasteiger partial charge in [-0.05, 0) is 79.1 Å². The molecule has 0 spiro atoms. The van der Waals surface area contributed by atoms with Crippen molar-refractivity contribution in [3.8, 4) is 0 Å². The van der Waals surface area contributed by atoms with Crippen LogP contribution in [0.5, 0.6) is 0 Å². The number of sulfone groups is 1. The number of benzene rings is 3. The number of nitrogens with one attached hydrogen (secondary N) is 1. The predicted octanol–water partition coefficient (Wildman–Crippen LogP) is 5.03. The summed E-state index contributed by atoms with van der Waals surface area (Å²) in [5, 5.41) is 3.06. The molecule has 0 saturated heterocycles. The highest BCUT2D eigenvalue weighted by Gasteiger charge is 2.17. The van der Waals surface area contributed by atoms with E-state index in [0.29, 0.717) is 16.0 Å². The fourth-order valence-electron chi connectivity index (χ4n) is 4.07. The molecule has 3 aromatic carbocycles. The Morgan fingerprint density at radius 1 is 0.903 bits per heavy atom. The molecular formula is C26H27NO3S. The molecule has 0 aliphatic heterocycles. The first-order chi connectivity index (χ1) is 14.9. The lowest BCUT2D eigenvalue weighted by molar-refractivity contribution is 0.0940. The van der Waals surface area contributed by atoms with Gasteiger partial charge in [0.15, 0.2) is 9.84 Å². The minimum atomic E-state index is -3.41. The minimum Gasteiger partial charge on any atom is -0.346 e. The molecule has 4 nitrogen and oxygen atoms in total. The zero-order valence-corrected chi connectivity index (χ0v) is 18.5. The number of carbonyl (C=O) groups is 1. The van der Waals surface area contributed by atoms with Crippen LogP contribution < -0.4 is 5.32 Å². The fourth-order valence-corrected chi connectivity index (χ4v) is 5.44. The number of amides is 1. The van der Waals surface area contributed by atoms with Gasteiger partial charge in [0.1, 0.15) is 0 Å². The summed E-state index contributed by atoms with van der Waals surface area (Å²) in [7, 11) is -3.41. The molecule has 0 bridgehead atoms. The summed E-state index contributed by atoms with van der Waals surface area (Å²) in [4.78, 5) is 13.0. The molecular weight excluding hydrogens is 406 g/mol. The van der Waals surface area contributed by atoms with E-state index in [9.17, 15) is 13.2 Å². The lowest BCUT2D eigenvalue weighted by atomic mass is 9.89. The topological polar surface area (TPSA) is 63.2 Å². The molecule has 1 unspecified atom stereocenters. The van der Waals surface area contributed by atoms with E-state index in [1.807, 2.05) is 6.92 Å². The highest BCUT2D eigenvalue weighted by molar-refractivity contribution is 7.90. The number of aryl methyl sites for hydroxylation is 2. The maximum atomic E-state index is 12.7. The van der Waals surface area contributed by atoms with Gasteiger partial charge in [0.05, 0.1) is 16.7 Å². The van der Waals surface area contributed by atoms with Crippen molar-refractivity contribution in [1.29, 1.82) is 0 Å². The van der Waals surface area contributed by atoms with E-state index in [0.717, 1.165) is 18.4 Å². The molecule has 31 heavy (non-hydrogen) atoms. The average Bonchev–Trinajstić information content (AvgIpc) is 2.79. The van der Waals surface area contributed by atoms with Crippen molar-refractivity contribution in [2.75, 3.05) is 0 Å². The number of rotatable bonds is 6. The Labute approximate surface area is 184 Å². The zero-order valence-electron chi connectivity index (χ0n) is 17.7. The molecule has 3 aromatic rings. The van der Waals surface area contributed by atoms with Gasteiger partial charge in [-0.2, -0.15) is 0 Å². The molecule has 1 aliphatic rings. The number of fused-ring (bicyclic) bond motifs is 1. The van der Waals surface area contributed by atoms with Gasteiger partial charge in [-0.3, -0.25) is 4.79 Å². The van der Waals surface area contributed by atoms with E-state index < -0.39 is 9.84 Å². The lowest BCUT2D eigenvalue weighted by Crippen LogP contribution is -2.26. The zero-order chi connectivity index (χ0) is 21.8. The van der Waals surface area contributed by atoms with Gasteiger partial charge in [0, 0.05) is 5.56 Å². The quantitative estimate of drug-likeness (QED) is 0.593. The van der Waals surface area contributed by atoms with Crippen molar-refractivity contribution in [2.45, 2.75) is 49.3 Å². The van der Waals surface area contributed by atoms with Crippen LogP contribution in [0, 0.1) is 0 Å². The van der Waals surface area contributed by atoms with Crippen molar-refractivity contribution in [1.82, 2.24) is 5.32 Å². The van der Waals surface area contributed by atoms with E-state index in [1.54, 1.807) is 54.6 Å². The van der Waals surface area contributed by atoms with Gasteiger partial charge in [-0.25, -0.2) is 8.42 Å². The summed E-state index contributed by atoms with van der Waals surface area (Å²) in [5.74, 6) is -0.257. The molecule has 4 rings (SSSR count). The van der Waals surface area contributed by atoms with Gasteiger partial charge in [-0.15, -0.1) is 0 Å². The predicted molar refractivity (Wildman–Crippen MR) is 123 cm³/mol. The second-order valence-electron chi connectivity index (χ2n) is 8.20. The van der Waals surface area contributed by atoms with Crippen LogP contribution in [0.15, 0.2) is 77.7 Å². The molecule has 1 N–H and O–H groups in total. The Hall–Kier alpha value is -2.92. The smallest absolute Gasteiger partial charge is 0.251 e. The first-order valence-corrected chi connectivity index (χ1v) is 12.4. The fraction of sp³-hybridized carbons (Fsp3) is 0.269. The molecule has 0 aromatic heterocycles. The highest BCUT2D eigenvalue weighted by Crippen LogP contribution is 2.25. The van der Waals surface area contributed by atoms with E-state index in [1.165, 1.54) is 24.0 Å². The largest absolute Gasteiger partial charge is 0.346 e. The Morgan fingerprint density at radius 3 is 2.29 bits per heavy atom. The average molecular weight is 434 g/mol. The lowest BCUT2D eigenvalue weighted by Gasteiger charge is -2.20. The summed E-state index contributed by atoms with van der Waals surface area (Å²) >= 11 is 0. The Bertz CT molecular complexity index is 1170. The Kier molecular flexibility index (Phi) is 6.23. The molecule has 0 saturated carbocycles. The number of hydrogen-bond acceptors (Lipinski definition) is 3. The molecule has 1 aliphatic carbocycles. The molecule has 0 fully saturated rings. The van der Waals surface area contributed by atoms with Crippen LogP contribution in [-0.2, 0) is 28.4 Å². The van der Waals surface area contributed by atoms with E-state index in [4.69, 9.17) is 0 Å². The van der Waals surface area contributed by atoms with Crippen molar-refractivity contribution in [3.05, 3.63) is 101 Å². The third-order valence-corrected chi connectivity index (χ3v) is 7.60. The van der Waals surface area contributed by atoms with Crippen LogP contribution in [0.25, 0.3) is 0 Å². The summed E-state index contributed by atoms with van der Waals surface area (Å²) in [6, 6.07) is 21.6.